The van der Waals surface area contributed by atoms with Crippen LogP contribution in [0.1, 0.15) is 60.3 Å². The van der Waals surface area contributed by atoms with Crippen molar-refractivity contribution in [3.63, 3.8) is 0 Å². The Morgan fingerprint density at radius 2 is 1.95 bits per heavy atom. The van der Waals surface area contributed by atoms with Gasteiger partial charge in [-0.1, -0.05) is 6.92 Å². The van der Waals surface area contributed by atoms with Gasteiger partial charge in [0.15, 0.2) is 0 Å². The molecule has 0 aromatic rings. The largest absolute Gasteiger partial charge is 0.465 e. The van der Waals surface area contributed by atoms with Gasteiger partial charge in [0.05, 0.1) is 6.61 Å². The fraction of sp³-hybridized carbons (Fsp3) is 0.938. The average molecular weight is 284 g/mol. The first-order valence-electron chi connectivity index (χ1n) is 8.14. The van der Waals surface area contributed by atoms with Gasteiger partial charge in [-0.25, -0.2) is 0 Å². The van der Waals surface area contributed by atoms with Crippen LogP contribution in [-0.4, -0.2) is 48.2 Å². The molecule has 1 fully saturated rings. The van der Waals surface area contributed by atoms with Gasteiger partial charge in [0.2, 0.25) is 0 Å². The van der Waals surface area contributed by atoms with Gasteiger partial charge in [0, 0.05) is 18.6 Å². The lowest BCUT2D eigenvalue weighted by atomic mass is 9.89. The fourth-order valence-corrected chi connectivity index (χ4v) is 2.92. The first-order chi connectivity index (χ1) is 9.45. The van der Waals surface area contributed by atoms with Gasteiger partial charge in [-0.3, -0.25) is 10.1 Å². The minimum absolute atomic E-state index is 0.0640. The van der Waals surface area contributed by atoms with E-state index in [2.05, 4.69) is 37.9 Å². The Morgan fingerprint density at radius 3 is 2.50 bits per heavy atom. The topological polar surface area (TPSA) is 41.6 Å². The van der Waals surface area contributed by atoms with Gasteiger partial charge < -0.3 is 9.64 Å². The van der Waals surface area contributed by atoms with E-state index in [1.165, 1.54) is 0 Å². The van der Waals surface area contributed by atoms with Gasteiger partial charge in [0.25, 0.3) is 0 Å². The maximum absolute atomic E-state index is 12.5. The highest BCUT2D eigenvalue weighted by Gasteiger charge is 2.41. The summed E-state index contributed by atoms with van der Waals surface area (Å²) in [5.74, 6) is -0.0640. The Kier molecular flexibility index (Phi) is 6.96. The van der Waals surface area contributed by atoms with E-state index in [1.54, 1.807) is 0 Å². The van der Waals surface area contributed by atoms with Gasteiger partial charge in [-0.2, -0.15) is 0 Å². The van der Waals surface area contributed by atoms with E-state index in [1.807, 2.05) is 6.92 Å². The highest BCUT2D eigenvalue weighted by Crippen LogP contribution is 2.26. The molecule has 4 heteroatoms. The Morgan fingerprint density at radius 1 is 1.25 bits per heavy atom. The second-order valence-electron chi connectivity index (χ2n) is 6.24. The van der Waals surface area contributed by atoms with E-state index in [-0.39, 0.29) is 5.97 Å². The minimum atomic E-state index is -0.491. The second-order valence-corrected chi connectivity index (χ2v) is 6.24. The van der Waals surface area contributed by atoms with Crippen LogP contribution < -0.4 is 5.32 Å². The number of ether oxygens (including phenoxy) is 1. The van der Waals surface area contributed by atoms with Crippen LogP contribution in [0.25, 0.3) is 0 Å². The molecule has 0 bridgehead atoms. The van der Waals surface area contributed by atoms with Crippen LogP contribution in [0.3, 0.4) is 0 Å². The van der Waals surface area contributed by atoms with Crippen molar-refractivity contribution < 1.29 is 9.53 Å². The summed E-state index contributed by atoms with van der Waals surface area (Å²) in [7, 11) is 0. The molecule has 2 unspecified atom stereocenters. The number of carbonyl (C=O) groups is 1. The standard InChI is InChI=1S/C16H32N2O2/c1-6-14(5)17-16(15(19)20-7-2)9-8-11-18(12-10-16)13(3)4/h13-14,17H,6-12H2,1-5H3. The first-order valence-corrected chi connectivity index (χ1v) is 8.14. The maximum atomic E-state index is 12.5. The fourth-order valence-electron chi connectivity index (χ4n) is 2.92. The quantitative estimate of drug-likeness (QED) is 0.761. The first kappa shape index (κ1) is 17.4. The number of esters is 1. The molecule has 0 aliphatic carbocycles. The van der Waals surface area contributed by atoms with Crippen LogP contribution in [-0.2, 0) is 9.53 Å². The number of hydrogen-bond acceptors (Lipinski definition) is 4. The second kappa shape index (κ2) is 7.99. The van der Waals surface area contributed by atoms with E-state index in [0.717, 1.165) is 38.8 Å². The maximum Gasteiger partial charge on any atom is 0.326 e. The molecule has 1 saturated heterocycles. The molecule has 4 nitrogen and oxygen atoms in total. The molecule has 0 amide bonds. The number of nitrogens with zero attached hydrogens (tertiary/aromatic N) is 1. The Bertz CT molecular complexity index is 307. The molecule has 0 aromatic carbocycles. The van der Waals surface area contributed by atoms with E-state index in [9.17, 15) is 4.79 Å². The molecule has 20 heavy (non-hydrogen) atoms. The number of nitrogens with one attached hydrogen (secondary N) is 1. The zero-order chi connectivity index (χ0) is 15.2. The Labute approximate surface area is 124 Å². The van der Waals surface area contributed by atoms with Crippen LogP contribution in [0.4, 0.5) is 0 Å². The number of rotatable bonds is 6. The van der Waals surface area contributed by atoms with Crippen LogP contribution >= 0.6 is 0 Å². The predicted molar refractivity (Wildman–Crippen MR) is 82.8 cm³/mol. The molecule has 0 aromatic heterocycles. The molecule has 0 radical (unpaired) electrons. The monoisotopic (exact) mass is 284 g/mol. The van der Waals surface area contributed by atoms with Crippen LogP contribution in [0.2, 0.25) is 0 Å². The molecule has 1 N–H and O–H groups in total. The predicted octanol–water partition coefficient (Wildman–Crippen LogP) is 2.57. The summed E-state index contributed by atoms with van der Waals surface area (Å²) in [5.41, 5.74) is -0.491. The highest BCUT2D eigenvalue weighted by molar-refractivity contribution is 5.81. The molecule has 1 heterocycles. The van der Waals surface area contributed by atoms with Crippen molar-refractivity contribution in [2.45, 2.75) is 77.9 Å². The summed E-state index contributed by atoms with van der Waals surface area (Å²) in [4.78, 5) is 15.0. The highest BCUT2D eigenvalue weighted by atomic mass is 16.5. The molecule has 2 atom stereocenters. The van der Waals surface area contributed by atoms with Gasteiger partial charge in [0.1, 0.15) is 5.54 Å². The SMILES string of the molecule is CCOC(=O)C1(NC(C)CC)CCCN(C(C)C)CC1. The van der Waals surface area contributed by atoms with Crippen LogP contribution in [0, 0.1) is 0 Å². The lowest BCUT2D eigenvalue weighted by molar-refractivity contribution is -0.152. The molecule has 0 spiro atoms. The number of likely N-dealkylation sites (tertiary alicyclic amines) is 1. The van der Waals surface area contributed by atoms with Crippen molar-refractivity contribution in [2.75, 3.05) is 19.7 Å². The summed E-state index contributed by atoms with van der Waals surface area (Å²) in [6.07, 6.45) is 3.78. The number of hydrogen-bond donors (Lipinski definition) is 1. The molecule has 1 rings (SSSR count). The van der Waals surface area contributed by atoms with Crippen molar-refractivity contribution >= 4 is 5.97 Å². The van der Waals surface area contributed by atoms with E-state index < -0.39 is 5.54 Å². The average Bonchev–Trinajstić information content (AvgIpc) is 2.62. The van der Waals surface area contributed by atoms with Gasteiger partial charge in [-0.15, -0.1) is 0 Å². The molecule has 118 valence electrons. The van der Waals surface area contributed by atoms with Crippen LogP contribution in [0.15, 0.2) is 0 Å². The summed E-state index contributed by atoms with van der Waals surface area (Å²) in [6.45, 7) is 13.1. The van der Waals surface area contributed by atoms with Crippen LogP contribution in [0.5, 0.6) is 0 Å². The zero-order valence-electron chi connectivity index (χ0n) is 13.9. The molecule has 1 aliphatic heterocycles. The van der Waals surface area contributed by atoms with E-state index in [0.29, 0.717) is 18.7 Å². The summed E-state index contributed by atoms with van der Waals surface area (Å²) >= 11 is 0. The third-order valence-corrected chi connectivity index (χ3v) is 4.41. The normalized spacial score (nSPS) is 26.3. The van der Waals surface area contributed by atoms with E-state index in [4.69, 9.17) is 4.74 Å². The molecule has 0 saturated carbocycles. The third kappa shape index (κ3) is 4.45. The Hall–Kier alpha value is -0.610. The van der Waals surface area contributed by atoms with Crippen molar-refractivity contribution in [1.29, 1.82) is 0 Å². The van der Waals surface area contributed by atoms with Gasteiger partial charge >= 0.3 is 5.97 Å². The summed E-state index contributed by atoms with van der Waals surface area (Å²) < 4.78 is 5.36. The summed E-state index contributed by atoms with van der Waals surface area (Å²) in [5, 5.41) is 3.56. The molecular formula is C16H32N2O2. The molecular weight excluding hydrogens is 252 g/mol. The van der Waals surface area contributed by atoms with Gasteiger partial charge in [-0.05, 0) is 59.9 Å². The third-order valence-electron chi connectivity index (χ3n) is 4.41. The lowest BCUT2D eigenvalue weighted by Crippen LogP contribution is -2.56. The zero-order valence-corrected chi connectivity index (χ0v) is 13.9. The van der Waals surface area contributed by atoms with E-state index >= 15 is 0 Å². The lowest BCUT2D eigenvalue weighted by Gasteiger charge is -2.34. The smallest absolute Gasteiger partial charge is 0.326 e. The van der Waals surface area contributed by atoms with Crippen molar-refractivity contribution in [2.24, 2.45) is 0 Å². The van der Waals surface area contributed by atoms with Crippen molar-refractivity contribution in [3.05, 3.63) is 0 Å². The molecule has 1 aliphatic rings. The van der Waals surface area contributed by atoms with Crippen molar-refractivity contribution in [1.82, 2.24) is 10.2 Å². The number of carbonyl (C=O) groups excluding carboxylic acids is 1. The van der Waals surface area contributed by atoms with Crippen molar-refractivity contribution in [3.8, 4) is 0 Å². The summed E-state index contributed by atoms with van der Waals surface area (Å²) in [6, 6.07) is 0.876. The minimum Gasteiger partial charge on any atom is -0.465 e. The Balaban J connectivity index is 2.84.